The van der Waals surface area contributed by atoms with Crippen molar-refractivity contribution in [1.82, 2.24) is 10.3 Å². The van der Waals surface area contributed by atoms with Crippen LogP contribution in [0.25, 0.3) is 0 Å². The van der Waals surface area contributed by atoms with Crippen LogP contribution in [0.1, 0.15) is 46.7 Å². The molecule has 200 valence electrons. The zero-order valence-electron chi connectivity index (χ0n) is 21.4. The first kappa shape index (κ1) is 27.3. The number of carbonyl (C=O) groups is 2. The number of fused-ring (bicyclic) bond motifs is 1. The molecule has 2 amide bonds. The van der Waals surface area contributed by atoms with Crippen molar-refractivity contribution in [2.75, 3.05) is 24.2 Å². The van der Waals surface area contributed by atoms with E-state index in [0.717, 1.165) is 35.2 Å². The number of hydrogen-bond donors (Lipinski definition) is 3. The second kappa shape index (κ2) is 11.8. The highest BCUT2D eigenvalue weighted by Crippen LogP contribution is 2.33. The van der Waals surface area contributed by atoms with Gasteiger partial charge in [-0.2, -0.15) is 13.2 Å². The number of hydrogen-bond acceptors (Lipinski definition) is 4. The number of pyridine rings is 1. The second-order valence-electron chi connectivity index (χ2n) is 9.71. The van der Waals surface area contributed by atoms with E-state index >= 15 is 0 Å². The number of nitrogens with one attached hydrogen (secondary N) is 3. The van der Waals surface area contributed by atoms with Gasteiger partial charge in [-0.05, 0) is 104 Å². The van der Waals surface area contributed by atoms with Gasteiger partial charge in [-0.3, -0.25) is 9.59 Å². The van der Waals surface area contributed by atoms with E-state index < -0.39 is 11.7 Å². The fourth-order valence-electron chi connectivity index (χ4n) is 4.80. The molecule has 0 saturated carbocycles. The van der Waals surface area contributed by atoms with E-state index in [2.05, 4.69) is 39.1 Å². The van der Waals surface area contributed by atoms with Crippen molar-refractivity contribution in [2.45, 2.75) is 45.2 Å². The van der Waals surface area contributed by atoms with E-state index in [1.807, 2.05) is 12.1 Å². The molecule has 0 saturated heterocycles. The van der Waals surface area contributed by atoms with Crippen molar-refractivity contribution in [3.8, 4) is 0 Å². The number of amides is 2. The van der Waals surface area contributed by atoms with Crippen molar-refractivity contribution in [2.24, 2.45) is 5.92 Å². The van der Waals surface area contributed by atoms with Gasteiger partial charge in [-0.1, -0.05) is 18.2 Å². The van der Waals surface area contributed by atoms with Gasteiger partial charge in [-0.15, -0.1) is 0 Å². The minimum Gasteiger partial charge on any atom is -0.326 e. The van der Waals surface area contributed by atoms with Gasteiger partial charge >= 0.3 is 6.18 Å². The lowest BCUT2D eigenvalue weighted by Gasteiger charge is -2.25. The number of halogens is 3. The summed E-state index contributed by atoms with van der Waals surface area (Å²) in [5.41, 5.74) is 4.23. The molecule has 1 heterocycles. The molecule has 9 heteroatoms. The number of benzene rings is 2. The zero-order valence-corrected chi connectivity index (χ0v) is 21.4. The van der Waals surface area contributed by atoms with E-state index in [4.69, 9.17) is 0 Å². The van der Waals surface area contributed by atoms with Crippen LogP contribution in [0.3, 0.4) is 0 Å². The molecule has 4 rings (SSSR count). The van der Waals surface area contributed by atoms with Gasteiger partial charge < -0.3 is 16.0 Å². The number of carbonyl (C=O) groups excluding carboxylic acids is 2. The fourth-order valence-corrected chi connectivity index (χ4v) is 4.80. The van der Waals surface area contributed by atoms with Crippen molar-refractivity contribution in [1.29, 1.82) is 0 Å². The van der Waals surface area contributed by atoms with Gasteiger partial charge in [0.1, 0.15) is 5.82 Å². The van der Waals surface area contributed by atoms with Crippen LogP contribution in [0, 0.1) is 5.92 Å². The van der Waals surface area contributed by atoms with E-state index in [1.54, 1.807) is 19.3 Å². The number of nitrogens with zero attached hydrogens (tertiary/aromatic N) is 1. The predicted molar refractivity (Wildman–Crippen MR) is 141 cm³/mol. The zero-order chi connectivity index (χ0) is 27.3. The molecule has 0 aliphatic heterocycles. The van der Waals surface area contributed by atoms with Gasteiger partial charge in [0.15, 0.2) is 0 Å². The summed E-state index contributed by atoms with van der Waals surface area (Å²) in [6.07, 6.45) is 0.101. The maximum atomic E-state index is 13.4. The Kier molecular flexibility index (Phi) is 8.46. The Balaban J connectivity index is 1.47. The second-order valence-corrected chi connectivity index (χ2v) is 9.71. The summed E-state index contributed by atoms with van der Waals surface area (Å²) in [5, 5.41) is 8.37. The summed E-state index contributed by atoms with van der Waals surface area (Å²) in [6.45, 7) is 1.96. The Morgan fingerprint density at radius 3 is 2.50 bits per heavy atom. The Morgan fingerprint density at radius 2 is 1.76 bits per heavy atom. The Morgan fingerprint density at radius 1 is 0.974 bits per heavy atom. The fraction of sp³-hybridized carbons (Fsp3) is 0.345. The maximum Gasteiger partial charge on any atom is 0.416 e. The largest absolute Gasteiger partial charge is 0.416 e. The van der Waals surface area contributed by atoms with Crippen LogP contribution >= 0.6 is 0 Å². The van der Waals surface area contributed by atoms with Crippen LogP contribution in [0.15, 0.2) is 54.7 Å². The third-order valence-corrected chi connectivity index (χ3v) is 6.66. The summed E-state index contributed by atoms with van der Waals surface area (Å²) in [5.74, 6) is -0.296. The van der Waals surface area contributed by atoms with Gasteiger partial charge in [0.25, 0.3) is 0 Å². The lowest BCUT2D eigenvalue weighted by molar-refractivity contribution is -0.137. The SMILES string of the molecule is CNCCc1cc(NC(=O)C2CCc3ccc(Cc4ccnc(NC(C)=O)c4)cc3C2)cc(C(F)(F)F)c1. The minimum absolute atomic E-state index is 0.170. The third kappa shape index (κ3) is 7.19. The molecule has 0 radical (unpaired) electrons. The summed E-state index contributed by atoms with van der Waals surface area (Å²) < 4.78 is 40.3. The predicted octanol–water partition coefficient (Wildman–Crippen LogP) is 5.16. The number of likely N-dealkylation sites (N-methyl/N-ethyl adjacent to an activating group) is 1. The average Bonchev–Trinajstić information content (AvgIpc) is 2.86. The van der Waals surface area contributed by atoms with E-state index in [-0.39, 0.29) is 23.4 Å². The quantitative estimate of drug-likeness (QED) is 0.380. The molecule has 6 nitrogen and oxygen atoms in total. The van der Waals surface area contributed by atoms with Gasteiger partial charge in [0.05, 0.1) is 5.56 Å². The van der Waals surface area contributed by atoms with Crippen LogP contribution in [-0.4, -0.2) is 30.4 Å². The van der Waals surface area contributed by atoms with Crippen molar-refractivity contribution in [3.63, 3.8) is 0 Å². The Bertz CT molecular complexity index is 1320. The van der Waals surface area contributed by atoms with Crippen molar-refractivity contribution < 1.29 is 22.8 Å². The van der Waals surface area contributed by atoms with E-state index in [1.165, 1.54) is 12.5 Å². The molecule has 3 N–H and O–H groups in total. The number of aromatic nitrogens is 1. The highest BCUT2D eigenvalue weighted by molar-refractivity contribution is 5.93. The molecule has 3 aromatic rings. The van der Waals surface area contributed by atoms with Gasteiger partial charge in [0.2, 0.25) is 11.8 Å². The molecule has 1 atom stereocenters. The summed E-state index contributed by atoms with van der Waals surface area (Å²) in [7, 11) is 1.74. The van der Waals surface area contributed by atoms with Crippen molar-refractivity contribution >= 4 is 23.3 Å². The molecular weight excluding hydrogens is 493 g/mol. The molecule has 1 aliphatic carbocycles. The molecule has 0 bridgehead atoms. The van der Waals surface area contributed by atoms with Gasteiger partial charge in [0, 0.05) is 24.7 Å². The van der Waals surface area contributed by atoms with Crippen LogP contribution in [0.4, 0.5) is 24.7 Å². The van der Waals surface area contributed by atoms with Gasteiger partial charge in [-0.25, -0.2) is 4.98 Å². The van der Waals surface area contributed by atoms with Crippen LogP contribution < -0.4 is 16.0 Å². The highest BCUT2D eigenvalue weighted by atomic mass is 19.4. The number of aryl methyl sites for hydroxylation is 1. The lowest BCUT2D eigenvalue weighted by atomic mass is 9.82. The van der Waals surface area contributed by atoms with Crippen LogP contribution in [-0.2, 0) is 41.4 Å². The molecule has 1 aliphatic rings. The topological polar surface area (TPSA) is 83.1 Å². The number of anilines is 2. The first-order valence-corrected chi connectivity index (χ1v) is 12.6. The molecule has 0 spiro atoms. The van der Waals surface area contributed by atoms with Crippen LogP contribution in [0.2, 0.25) is 0 Å². The van der Waals surface area contributed by atoms with E-state index in [0.29, 0.717) is 43.6 Å². The smallest absolute Gasteiger partial charge is 0.326 e. The summed E-state index contributed by atoms with van der Waals surface area (Å²) in [6, 6.07) is 13.7. The molecule has 1 aromatic heterocycles. The lowest BCUT2D eigenvalue weighted by Crippen LogP contribution is -2.28. The minimum atomic E-state index is -4.49. The molecule has 38 heavy (non-hydrogen) atoms. The molecule has 1 unspecified atom stereocenters. The molecular formula is C29H31F3N4O2. The third-order valence-electron chi connectivity index (χ3n) is 6.66. The molecule has 0 fully saturated rings. The Labute approximate surface area is 220 Å². The van der Waals surface area contributed by atoms with Crippen LogP contribution in [0.5, 0.6) is 0 Å². The first-order valence-electron chi connectivity index (χ1n) is 12.6. The van der Waals surface area contributed by atoms with Crippen molar-refractivity contribution in [3.05, 3.63) is 88.1 Å². The summed E-state index contributed by atoms with van der Waals surface area (Å²) in [4.78, 5) is 28.6. The summed E-state index contributed by atoms with van der Waals surface area (Å²) >= 11 is 0. The van der Waals surface area contributed by atoms with E-state index in [9.17, 15) is 22.8 Å². The molecule has 2 aromatic carbocycles. The normalized spacial score (nSPS) is 15.0. The monoisotopic (exact) mass is 524 g/mol. The Hall–Kier alpha value is -3.72. The highest BCUT2D eigenvalue weighted by Gasteiger charge is 2.32. The first-order chi connectivity index (χ1) is 18.1. The number of rotatable bonds is 8. The average molecular weight is 525 g/mol. The number of alkyl halides is 3. The maximum absolute atomic E-state index is 13.4. The standard InChI is InChI=1S/C29H31F3N4O2/c1-18(37)35-27-15-20(8-10-34-27)11-19-3-4-22-5-6-23(16-24(22)12-19)28(38)36-26-14-21(7-9-33-2)13-25(17-26)29(30,31)32/h3-4,8,10,12-15,17,23,33H,5-7,9,11,16H2,1-2H3,(H,36,38)(H,34,35,37).